The molecule has 0 rings (SSSR count). The van der Waals surface area contributed by atoms with Gasteiger partial charge in [-0.05, 0) is 12.8 Å². The van der Waals surface area contributed by atoms with Gasteiger partial charge in [0.1, 0.15) is 0 Å². The molecule has 0 aromatic rings. The number of carbonyl (C=O) groups is 2. The average molecular weight is 270 g/mol. The molecule has 0 spiro atoms. The van der Waals surface area contributed by atoms with Crippen LogP contribution in [0.1, 0.15) is 79.1 Å². The minimum Gasteiger partial charge on any atom is -0.393 e. The minimum absolute atomic E-state index is 0.168. The lowest BCUT2D eigenvalue weighted by Gasteiger charge is -2.13. The number of hydrogen-bond donors (Lipinski definition) is 0. The van der Waals surface area contributed by atoms with Crippen molar-refractivity contribution in [2.24, 2.45) is 11.8 Å². The zero-order valence-electron chi connectivity index (χ0n) is 13.0. The predicted octanol–water partition coefficient (Wildman–Crippen LogP) is 4.49. The Kier molecular flexibility index (Phi) is 10.5. The lowest BCUT2D eigenvalue weighted by atomic mass is 10.0. The van der Waals surface area contributed by atoms with Crippen molar-refractivity contribution in [2.45, 2.75) is 79.1 Å². The van der Waals surface area contributed by atoms with Crippen LogP contribution >= 0.6 is 0 Å². The van der Waals surface area contributed by atoms with Crippen LogP contribution in [0.15, 0.2) is 0 Å². The van der Waals surface area contributed by atoms with Crippen LogP contribution in [0.3, 0.4) is 0 Å². The van der Waals surface area contributed by atoms with E-state index in [0.717, 1.165) is 51.4 Å². The second-order valence-corrected chi connectivity index (χ2v) is 5.53. The Morgan fingerprint density at radius 2 is 1.16 bits per heavy atom. The molecule has 3 heteroatoms. The number of ether oxygens (including phenoxy) is 1. The Balaban J connectivity index is 3.92. The Morgan fingerprint density at radius 3 is 1.47 bits per heavy atom. The van der Waals surface area contributed by atoms with Crippen molar-refractivity contribution in [3.63, 3.8) is 0 Å². The molecule has 0 N–H and O–H groups in total. The van der Waals surface area contributed by atoms with E-state index >= 15 is 0 Å². The van der Waals surface area contributed by atoms with Crippen molar-refractivity contribution in [3.8, 4) is 0 Å². The van der Waals surface area contributed by atoms with Crippen molar-refractivity contribution < 1.29 is 14.3 Å². The maximum atomic E-state index is 11.7. The zero-order chi connectivity index (χ0) is 14.7. The fourth-order valence-electron chi connectivity index (χ4n) is 1.94. The molecule has 112 valence electrons. The van der Waals surface area contributed by atoms with Crippen molar-refractivity contribution in [1.82, 2.24) is 0 Å². The van der Waals surface area contributed by atoms with Gasteiger partial charge in [-0.1, -0.05) is 66.2 Å². The molecule has 0 radical (unpaired) electrons. The van der Waals surface area contributed by atoms with Crippen LogP contribution in [0, 0.1) is 11.8 Å². The van der Waals surface area contributed by atoms with E-state index in [4.69, 9.17) is 4.74 Å². The van der Waals surface area contributed by atoms with Gasteiger partial charge in [0.15, 0.2) is 0 Å². The summed E-state index contributed by atoms with van der Waals surface area (Å²) < 4.78 is 4.96. The van der Waals surface area contributed by atoms with Crippen LogP contribution < -0.4 is 0 Å². The van der Waals surface area contributed by atoms with Gasteiger partial charge < -0.3 is 4.74 Å². The smallest absolute Gasteiger partial charge is 0.316 e. The van der Waals surface area contributed by atoms with Gasteiger partial charge in [0.25, 0.3) is 0 Å². The summed E-state index contributed by atoms with van der Waals surface area (Å²) in [6.45, 7) is 7.94. The number of hydrogen-bond acceptors (Lipinski definition) is 3. The highest BCUT2D eigenvalue weighted by Gasteiger charge is 2.21. The van der Waals surface area contributed by atoms with Crippen LogP contribution in [0.25, 0.3) is 0 Å². The van der Waals surface area contributed by atoms with E-state index < -0.39 is 0 Å². The van der Waals surface area contributed by atoms with Gasteiger partial charge in [-0.3, -0.25) is 9.59 Å². The van der Waals surface area contributed by atoms with Gasteiger partial charge in [0, 0.05) is 0 Å². The third kappa shape index (κ3) is 8.79. The number of unbranched alkanes of at least 4 members (excludes halogenated alkanes) is 4. The third-order valence-electron chi connectivity index (χ3n) is 3.49. The molecule has 0 bridgehead atoms. The summed E-state index contributed by atoms with van der Waals surface area (Å²) in [4.78, 5) is 23.5. The van der Waals surface area contributed by atoms with E-state index in [2.05, 4.69) is 13.8 Å². The fraction of sp³-hybridized carbons (Fsp3) is 0.875. The Bertz CT molecular complexity index is 235. The molecule has 0 heterocycles. The van der Waals surface area contributed by atoms with E-state index in [1.54, 1.807) is 0 Å². The molecule has 0 aliphatic carbocycles. The molecule has 0 amide bonds. The van der Waals surface area contributed by atoms with Crippen molar-refractivity contribution in [1.29, 1.82) is 0 Å². The third-order valence-corrected chi connectivity index (χ3v) is 3.49. The quantitative estimate of drug-likeness (QED) is 0.334. The van der Waals surface area contributed by atoms with Gasteiger partial charge in [0.2, 0.25) is 0 Å². The highest BCUT2D eigenvalue weighted by Crippen LogP contribution is 2.15. The summed E-state index contributed by atoms with van der Waals surface area (Å²) >= 11 is 0. The van der Waals surface area contributed by atoms with Crippen molar-refractivity contribution in [2.75, 3.05) is 0 Å². The van der Waals surface area contributed by atoms with Crippen LogP contribution in [-0.2, 0) is 14.3 Å². The summed E-state index contributed by atoms with van der Waals surface area (Å²) in [5, 5.41) is 0. The zero-order valence-corrected chi connectivity index (χ0v) is 13.0. The molecular weight excluding hydrogens is 240 g/mol. The first kappa shape index (κ1) is 18.1. The average Bonchev–Trinajstić information content (AvgIpc) is 2.38. The molecule has 0 fully saturated rings. The standard InChI is InChI=1S/C16H30O3/c1-5-7-9-11-13(3)15(17)19-16(18)14(4)12-10-8-6-2/h13-14H,5-12H2,1-4H3/t13-,14-/m1/s1. The van der Waals surface area contributed by atoms with Crippen LogP contribution in [0.4, 0.5) is 0 Å². The lowest BCUT2D eigenvalue weighted by Crippen LogP contribution is -2.23. The van der Waals surface area contributed by atoms with Crippen molar-refractivity contribution in [3.05, 3.63) is 0 Å². The van der Waals surface area contributed by atoms with Gasteiger partial charge in [-0.25, -0.2) is 0 Å². The SMILES string of the molecule is CCCCC[C@@H](C)C(=O)OC(=O)[C@H](C)CCCCC. The fourth-order valence-corrected chi connectivity index (χ4v) is 1.94. The predicted molar refractivity (Wildman–Crippen MR) is 77.7 cm³/mol. The Hall–Kier alpha value is -0.860. The molecular formula is C16H30O3. The summed E-state index contributed by atoms with van der Waals surface area (Å²) in [5.74, 6) is -1.05. The molecule has 19 heavy (non-hydrogen) atoms. The first-order valence-electron chi connectivity index (χ1n) is 7.78. The molecule has 0 saturated heterocycles. The minimum atomic E-state index is -0.358. The summed E-state index contributed by atoms with van der Waals surface area (Å²) in [7, 11) is 0. The van der Waals surface area contributed by atoms with E-state index in [1.807, 2.05) is 13.8 Å². The highest BCUT2D eigenvalue weighted by molar-refractivity contribution is 5.87. The summed E-state index contributed by atoms with van der Waals surface area (Å²) in [6.07, 6.45) is 8.18. The van der Waals surface area contributed by atoms with E-state index in [1.165, 1.54) is 0 Å². The first-order chi connectivity index (χ1) is 9.02. The van der Waals surface area contributed by atoms with E-state index in [-0.39, 0.29) is 23.8 Å². The van der Waals surface area contributed by atoms with Gasteiger partial charge >= 0.3 is 11.9 Å². The molecule has 3 nitrogen and oxygen atoms in total. The molecule has 0 aliphatic heterocycles. The summed E-state index contributed by atoms with van der Waals surface area (Å²) in [5.41, 5.74) is 0. The highest BCUT2D eigenvalue weighted by atomic mass is 16.6. The number of rotatable bonds is 10. The number of esters is 2. The normalized spacial score (nSPS) is 13.9. The Morgan fingerprint density at radius 1 is 0.789 bits per heavy atom. The maximum absolute atomic E-state index is 11.7. The topological polar surface area (TPSA) is 43.4 Å². The molecule has 0 aromatic heterocycles. The van der Waals surface area contributed by atoms with E-state index in [9.17, 15) is 9.59 Å². The molecule has 0 aliphatic rings. The van der Waals surface area contributed by atoms with E-state index in [0.29, 0.717) is 0 Å². The van der Waals surface area contributed by atoms with Gasteiger partial charge in [0.05, 0.1) is 11.8 Å². The monoisotopic (exact) mass is 270 g/mol. The molecule has 0 aromatic carbocycles. The van der Waals surface area contributed by atoms with Crippen LogP contribution in [0.2, 0.25) is 0 Å². The first-order valence-corrected chi connectivity index (χ1v) is 7.78. The molecule has 2 atom stereocenters. The van der Waals surface area contributed by atoms with Crippen molar-refractivity contribution >= 4 is 11.9 Å². The second-order valence-electron chi connectivity index (χ2n) is 5.53. The molecule has 0 unspecified atom stereocenters. The number of carbonyl (C=O) groups excluding carboxylic acids is 2. The van der Waals surface area contributed by atoms with Gasteiger partial charge in [-0.15, -0.1) is 0 Å². The van der Waals surface area contributed by atoms with Crippen LogP contribution in [-0.4, -0.2) is 11.9 Å². The second kappa shape index (κ2) is 11.0. The van der Waals surface area contributed by atoms with Crippen LogP contribution in [0.5, 0.6) is 0 Å². The maximum Gasteiger partial charge on any atom is 0.316 e. The van der Waals surface area contributed by atoms with Gasteiger partial charge in [-0.2, -0.15) is 0 Å². The molecule has 0 saturated carbocycles. The lowest BCUT2D eigenvalue weighted by molar-refractivity contribution is -0.165. The largest absolute Gasteiger partial charge is 0.393 e. The Labute approximate surface area is 118 Å². The summed E-state index contributed by atoms with van der Waals surface area (Å²) in [6, 6.07) is 0.